The van der Waals surface area contributed by atoms with Gasteiger partial charge in [-0.05, 0) is 17.7 Å². The number of hydrogen-bond donors (Lipinski definition) is 1. The highest BCUT2D eigenvalue weighted by Crippen LogP contribution is 2.36. The van der Waals surface area contributed by atoms with Crippen LogP contribution in [0.15, 0.2) is 36.7 Å². The molecule has 0 unspecified atom stereocenters. The third-order valence-electron chi connectivity index (χ3n) is 4.32. The van der Waals surface area contributed by atoms with Crippen LogP contribution in [-0.4, -0.2) is 40.3 Å². The molecule has 0 aliphatic carbocycles. The first-order valence-electron chi connectivity index (χ1n) is 7.87. The summed E-state index contributed by atoms with van der Waals surface area (Å²) in [5.41, 5.74) is -0.322. The van der Waals surface area contributed by atoms with E-state index in [-0.39, 0.29) is 17.5 Å². The third kappa shape index (κ3) is 4.02. The first-order chi connectivity index (χ1) is 12.7. The van der Waals surface area contributed by atoms with Gasteiger partial charge in [0, 0.05) is 19.5 Å². The van der Waals surface area contributed by atoms with Gasteiger partial charge in [-0.15, -0.1) is 0 Å². The van der Waals surface area contributed by atoms with Crippen molar-refractivity contribution >= 4 is 29.2 Å². The fraction of sp³-hybridized carbons (Fsp3) is 0.294. The van der Waals surface area contributed by atoms with Gasteiger partial charge >= 0.3 is 6.18 Å². The minimum atomic E-state index is -4.46. The summed E-state index contributed by atoms with van der Waals surface area (Å²) >= 11 is 5.72. The van der Waals surface area contributed by atoms with Gasteiger partial charge in [0.1, 0.15) is 11.1 Å². The number of likely N-dealkylation sites (N-methyl/N-ethyl adjacent to an activating group) is 1. The van der Waals surface area contributed by atoms with Gasteiger partial charge in [-0.2, -0.15) is 13.2 Å². The molecule has 1 N–H and O–H groups in total. The SMILES string of the molecule is CN1C[C@@H](c2ccc(C(F)(F)F)cc2)[C@H](C(=O)Nc2cncc(Cl)n2)C1=O. The van der Waals surface area contributed by atoms with Crippen LogP contribution in [0.4, 0.5) is 19.0 Å². The minimum absolute atomic E-state index is 0.0713. The van der Waals surface area contributed by atoms with E-state index in [9.17, 15) is 22.8 Å². The standard InChI is InChI=1S/C17H14ClF3N4O2/c1-25-8-11(9-2-4-10(5-3-9)17(19,20)21)14(16(25)27)15(26)24-13-7-22-6-12(18)23-13/h2-7,11,14H,8H2,1H3,(H,23,24,26)/t11-,14+/m0/s1. The average molecular weight is 399 g/mol. The predicted octanol–water partition coefficient (Wildman–Crippen LogP) is 2.96. The van der Waals surface area contributed by atoms with E-state index in [4.69, 9.17) is 11.6 Å². The summed E-state index contributed by atoms with van der Waals surface area (Å²) in [4.78, 5) is 34.1. The number of carbonyl (C=O) groups is 2. The van der Waals surface area contributed by atoms with E-state index < -0.39 is 35.4 Å². The lowest BCUT2D eigenvalue weighted by atomic mass is 9.87. The molecule has 1 saturated heterocycles. The zero-order valence-corrected chi connectivity index (χ0v) is 14.8. The molecule has 2 heterocycles. The summed E-state index contributed by atoms with van der Waals surface area (Å²) in [5.74, 6) is -2.64. The summed E-state index contributed by atoms with van der Waals surface area (Å²) in [6, 6.07) is 4.46. The molecule has 2 aromatic rings. The monoisotopic (exact) mass is 398 g/mol. The number of rotatable bonds is 3. The van der Waals surface area contributed by atoms with Crippen molar-refractivity contribution in [3.63, 3.8) is 0 Å². The molecule has 2 amide bonds. The Balaban J connectivity index is 1.85. The molecule has 27 heavy (non-hydrogen) atoms. The van der Waals surface area contributed by atoms with Gasteiger partial charge in [0.2, 0.25) is 11.8 Å². The van der Waals surface area contributed by atoms with Crippen molar-refractivity contribution in [3.8, 4) is 0 Å². The van der Waals surface area contributed by atoms with Crippen molar-refractivity contribution in [1.82, 2.24) is 14.9 Å². The summed E-state index contributed by atoms with van der Waals surface area (Å²) in [7, 11) is 1.53. The second kappa shape index (κ2) is 7.15. The number of likely N-dealkylation sites (tertiary alicyclic amines) is 1. The molecule has 1 fully saturated rings. The summed E-state index contributed by atoms with van der Waals surface area (Å²) in [5, 5.41) is 2.56. The van der Waals surface area contributed by atoms with Gasteiger partial charge in [0.05, 0.1) is 18.0 Å². The lowest BCUT2D eigenvalue weighted by molar-refractivity contribution is -0.138. The lowest BCUT2D eigenvalue weighted by Gasteiger charge is -2.17. The van der Waals surface area contributed by atoms with Crippen molar-refractivity contribution in [2.45, 2.75) is 12.1 Å². The zero-order valence-electron chi connectivity index (χ0n) is 14.0. The molecule has 1 aliphatic heterocycles. The van der Waals surface area contributed by atoms with Crippen LogP contribution in [0.25, 0.3) is 0 Å². The van der Waals surface area contributed by atoms with Crippen LogP contribution < -0.4 is 5.32 Å². The van der Waals surface area contributed by atoms with Crippen LogP contribution in [0, 0.1) is 5.92 Å². The number of nitrogens with zero attached hydrogens (tertiary/aromatic N) is 3. The van der Waals surface area contributed by atoms with E-state index in [1.165, 1.54) is 36.5 Å². The Morgan fingerprint density at radius 3 is 2.52 bits per heavy atom. The van der Waals surface area contributed by atoms with Gasteiger partial charge in [0.15, 0.2) is 5.82 Å². The number of anilines is 1. The van der Waals surface area contributed by atoms with Crippen LogP contribution in [0.2, 0.25) is 5.15 Å². The van der Waals surface area contributed by atoms with Crippen molar-refractivity contribution in [2.24, 2.45) is 5.92 Å². The molecule has 10 heteroatoms. The topological polar surface area (TPSA) is 75.2 Å². The first-order valence-corrected chi connectivity index (χ1v) is 8.25. The highest BCUT2D eigenvalue weighted by atomic mass is 35.5. The molecule has 2 atom stereocenters. The van der Waals surface area contributed by atoms with Crippen LogP contribution >= 0.6 is 11.6 Å². The molecule has 0 saturated carbocycles. The number of hydrogen-bond acceptors (Lipinski definition) is 4. The molecule has 6 nitrogen and oxygen atoms in total. The van der Waals surface area contributed by atoms with Crippen LogP contribution in [0.1, 0.15) is 17.0 Å². The zero-order chi connectivity index (χ0) is 19.8. The van der Waals surface area contributed by atoms with E-state index in [1.54, 1.807) is 0 Å². The average Bonchev–Trinajstić information content (AvgIpc) is 2.89. The Labute approximate surface area is 157 Å². The van der Waals surface area contributed by atoms with E-state index >= 15 is 0 Å². The highest BCUT2D eigenvalue weighted by Gasteiger charge is 2.44. The largest absolute Gasteiger partial charge is 0.416 e. The van der Waals surface area contributed by atoms with Crippen molar-refractivity contribution in [2.75, 3.05) is 18.9 Å². The highest BCUT2D eigenvalue weighted by molar-refractivity contribution is 6.29. The Bertz CT molecular complexity index is 873. The predicted molar refractivity (Wildman–Crippen MR) is 91.0 cm³/mol. The lowest BCUT2D eigenvalue weighted by Crippen LogP contribution is -2.33. The number of carbonyl (C=O) groups excluding carboxylic acids is 2. The number of amides is 2. The molecule has 1 aromatic carbocycles. The smallest absolute Gasteiger partial charge is 0.344 e. The maximum absolute atomic E-state index is 12.8. The summed E-state index contributed by atoms with van der Waals surface area (Å²) in [6.07, 6.45) is -1.89. The quantitative estimate of drug-likeness (QED) is 0.807. The van der Waals surface area contributed by atoms with Crippen LogP contribution in [-0.2, 0) is 15.8 Å². The molecule has 1 aromatic heterocycles. The fourth-order valence-electron chi connectivity index (χ4n) is 3.02. The number of benzene rings is 1. The Morgan fingerprint density at radius 1 is 1.26 bits per heavy atom. The Morgan fingerprint density at radius 2 is 1.93 bits per heavy atom. The van der Waals surface area contributed by atoms with Gasteiger partial charge in [0.25, 0.3) is 0 Å². The van der Waals surface area contributed by atoms with E-state index in [0.29, 0.717) is 5.56 Å². The maximum Gasteiger partial charge on any atom is 0.416 e. The third-order valence-corrected chi connectivity index (χ3v) is 4.50. The number of nitrogens with one attached hydrogen (secondary N) is 1. The molecule has 0 radical (unpaired) electrons. The second-order valence-electron chi connectivity index (χ2n) is 6.14. The number of aromatic nitrogens is 2. The first kappa shape index (κ1) is 19.1. The van der Waals surface area contributed by atoms with Crippen molar-refractivity contribution in [3.05, 3.63) is 52.9 Å². The fourth-order valence-corrected chi connectivity index (χ4v) is 3.17. The van der Waals surface area contributed by atoms with E-state index in [2.05, 4.69) is 15.3 Å². The molecular formula is C17H14ClF3N4O2. The molecule has 142 valence electrons. The molecular weight excluding hydrogens is 385 g/mol. The second-order valence-corrected chi connectivity index (χ2v) is 6.53. The number of alkyl halides is 3. The van der Waals surface area contributed by atoms with Crippen LogP contribution in [0.3, 0.4) is 0 Å². The Kier molecular flexibility index (Phi) is 5.05. The maximum atomic E-state index is 12.8. The van der Waals surface area contributed by atoms with Crippen LogP contribution in [0.5, 0.6) is 0 Å². The molecule has 0 bridgehead atoms. The summed E-state index contributed by atoms with van der Waals surface area (Å²) < 4.78 is 38.3. The molecule has 1 aliphatic rings. The number of halogens is 4. The van der Waals surface area contributed by atoms with Gasteiger partial charge in [-0.1, -0.05) is 23.7 Å². The summed E-state index contributed by atoms with van der Waals surface area (Å²) in [6.45, 7) is 0.212. The van der Waals surface area contributed by atoms with E-state index in [0.717, 1.165) is 12.1 Å². The van der Waals surface area contributed by atoms with Gasteiger partial charge in [-0.25, -0.2) is 4.98 Å². The van der Waals surface area contributed by atoms with Gasteiger partial charge in [-0.3, -0.25) is 14.6 Å². The van der Waals surface area contributed by atoms with Crippen molar-refractivity contribution in [1.29, 1.82) is 0 Å². The molecule has 0 spiro atoms. The van der Waals surface area contributed by atoms with E-state index in [1.807, 2.05) is 0 Å². The van der Waals surface area contributed by atoms with Crippen molar-refractivity contribution < 1.29 is 22.8 Å². The normalized spacial score (nSPS) is 20.0. The Hall–Kier alpha value is -2.68. The molecule has 3 rings (SSSR count). The minimum Gasteiger partial charge on any atom is -0.344 e. The van der Waals surface area contributed by atoms with Gasteiger partial charge < -0.3 is 10.2 Å².